The molecule has 0 saturated carbocycles. The van der Waals surface area contributed by atoms with Gasteiger partial charge in [0.05, 0.1) is 7.11 Å². The molecule has 0 aliphatic carbocycles. The molecule has 0 aliphatic rings. The number of hydrogen-bond donors (Lipinski definition) is 2. The molecule has 3 nitrogen and oxygen atoms in total. The summed E-state index contributed by atoms with van der Waals surface area (Å²) in [5.41, 5.74) is 2.62. The Balaban J connectivity index is 2.34. The standard InChI is InChI=1S/C15H25NO2/c1-3-14-12-13(6-7-15(14)18-2)8-10-16-9-4-5-11-17/h6-7,12,16-17H,3-5,8-11H2,1-2H3. The molecule has 1 aromatic rings. The Kier molecular flexibility index (Phi) is 7.46. The van der Waals surface area contributed by atoms with Gasteiger partial charge >= 0.3 is 0 Å². The minimum atomic E-state index is 0.292. The van der Waals surface area contributed by atoms with E-state index < -0.39 is 0 Å². The highest BCUT2D eigenvalue weighted by Crippen LogP contribution is 2.20. The molecule has 0 fully saturated rings. The van der Waals surface area contributed by atoms with E-state index in [2.05, 4.69) is 30.4 Å². The molecule has 102 valence electrons. The third-order valence-electron chi connectivity index (χ3n) is 3.08. The zero-order valence-electron chi connectivity index (χ0n) is 11.5. The van der Waals surface area contributed by atoms with Gasteiger partial charge in [0, 0.05) is 6.61 Å². The molecule has 0 aliphatic heterocycles. The van der Waals surface area contributed by atoms with Crippen molar-refractivity contribution in [2.24, 2.45) is 0 Å². The molecule has 0 aromatic heterocycles. The van der Waals surface area contributed by atoms with Crippen molar-refractivity contribution in [3.05, 3.63) is 29.3 Å². The second-order valence-electron chi connectivity index (χ2n) is 4.43. The first-order valence-electron chi connectivity index (χ1n) is 6.79. The fourth-order valence-electron chi connectivity index (χ4n) is 1.98. The molecule has 0 spiro atoms. The molecule has 3 heteroatoms. The molecule has 0 saturated heterocycles. The monoisotopic (exact) mass is 251 g/mol. The van der Waals surface area contributed by atoms with E-state index in [1.807, 2.05) is 0 Å². The van der Waals surface area contributed by atoms with E-state index in [1.54, 1.807) is 7.11 Å². The number of aryl methyl sites for hydroxylation is 1. The summed E-state index contributed by atoms with van der Waals surface area (Å²) in [5.74, 6) is 0.983. The Morgan fingerprint density at radius 1 is 1.22 bits per heavy atom. The zero-order chi connectivity index (χ0) is 13.2. The molecule has 1 rings (SSSR count). The summed E-state index contributed by atoms with van der Waals surface area (Å²) in [6.07, 6.45) is 3.96. The van der Waals surface area contributed by atoms with E-state index in [4.69, 9.17) is 9.84 Å². The van der Waals surface area contributed by atoms with Crippen LogP contribution < -0.4 is 10.1 Å². The highest BCUT2D eigenvalue weighted by molar-refractivity contribution is 5.37. The number of rotatable bonds is 9. The maximum absolute atomic E-state index is 8.67. The summed E-state index contributed by atoms with van der Waals surface area (Å²) in [6.45, 7) is 4.41. The zero-order valence-corrected chi connectivity index (χ0v) is 11.5. The molecule has 0 unspecified atom stereocenters. The minimum absolute atomic E-state index is 0.292. The number of benzene rings is 1. The summed E-state index contributed by atoms with van der Waals surface area (Å²) in [6, 6.07) is 6.42. The number of methoxy groups -OCH3 is 1. The van der Waals surface area contributed by atoms with Gasteiger partial charge in [-0.2, -0.15) is 0 Å². The molecule has 0 atom stereocenters. The number of aliphatic hydroxyl groups excluding tert-OH is 1. The van der Waals surface area contributed by atoms with Crippen molar-refractivity contribution in [3.8, 4) is 5.75 Å². The second kappa shape index (κ2) is 8.95. The number of nitrogens with one attached hydrogen (secondary N) is 1. The average Bonchev–Trinajstić information content (AvgIpc) is 2.42. The van der Waals surface area contributed by atoms with E-state index >= 15 is 0 Å². The minimum Gasteiger partial charge on any atom is -0.496 e. The molecular weight excluding hydrogens is 226 g/mol. The fraction of sp³-hybridized carbons (Fsp3) is 0.600. The van der Waals surface area contributed by atoms with Crippen LogP contribution in [0.2, 0.25) is 0 Å². The van der Waals surface area contributed by atoms with Crippen LogP contribution in [-0.4, -0.2) is 31.9 Å². The summed E-state index contributed by atoms with van der Waals surface area (Å²) in [5, 5.41) is 12.1. The lowest BCUT2D eigenvalue weighted by Gasteiger charge is -2.09. The number of aliphatic hydroxyl groups is 1. The molecule has 2 N–H and O–H groups in total. The van der Waals surface area contributed by atoms with E-state index in [9.17, 15) is 0 Å². The van der Waals surface area contributed by atoms with Crippen LogP contribution in [0, 0.1) is 0 Å². The molecule has 0 radical (unpaired) electrons. The van der Waals surface area contributed by atoms with Gasteiger partial charge in [0.2, 0.25) is 0 Å². The molecule has 1 aromatic carbocycles. The normalized spacial score (nSPS) is 10.6. The van der Waals surface area contributed by atoms with Crippen LogP contribution >= 0.6 is 0 Å². The molecule has 0 bridgehead atoms. The van der Waals surface area contributed by atoms with Gasteiger partial charge in [-0.25, -0.2) is 0 Å². The Morgan fingerprint density at radius 2 is 2.06 bits per heavy atom. The smallest absolute Gasteiger partial charge is 0.122 e. The predicted molar refractivity (Wildman–Crippen MR) is 75.3 cm³/mol. The van der Waals surface area contributed by atoms with Gasteiger partial charge in [-0.3, -0.25) is 0 Å². The van der Waals surface area contributed by atoms with Crippen LogP contribution in [0.1, 0.15) is 30.9 Å². The molecule has 18 heavy (non-hydrogen) atoms. The van der Waals surface area contributed by atoms with E-state index in [0.29, 0.717) is 6.61 Å². The highest BCUT2D eigenvalue weighted by Gasteiger charge is 2.02. The summed E-state index contributed by atoms with van der Waals surface area (Å²) >= 11 is 0. The SMILES string of the molecule is CCc1cc(CCNCCCCO)ccc1OC. The second-order valence-corrected chi connectivity index (χ2v) is 4.43. The van der Waals surface area contributed by atoms with Gasteiger partial charge in [-0.15, -0.1) is 0 Å². The Hall–Kier alpha value is -1.06. The maximum atomic E-state index is 8.67. The lowest BCUT2D eigenvalue weighted by atomic mass is 10.1. The quantitative estimate of drug-likeness (QED) is 0.661. The van der Waals surface area contributed by atoms with Gasteiger partial charge < -0.3 is 15.2 Å². The van der Waals surface area contributed by atoms with Gasteiger partial charge in [-0.1, -0.05) is 19.1 Å². The molecular formula is C15H25NO2. The Morgan fingerprint density at radius 3 is 2.72 bits per heavy atom. The van der Waals surface area contributed by atoms with Crippen molar-refractivity contribution in [2.75, 3.05) is 26.8 Å². The summed E-state index contributed by atoms with van der Waals surface area (Å²) in [4.78, 5) is 0. The lowest BCUT2D eigenvalue weighted by Crippen LogP contribution is -2.18. The summed E-state index contributed by atoms with van der Waals surface area (Å²) < 4.78 is 5.32. The fourth-order valence-corrected chi connectivity index (χ4v) is 1.98. The van der Waals surface area contributed by atoms with Gasteiger partial charge in [0.1, 0.15) is 5.75 Å². The van der Waals surface area contributed by atoms with Crippen LogP contribution in [-0.2, 0) is 12.8 Å². The first kappa shape index (κ1) is 15.0. The average molecular weight is 251 g/mol. The lowest BCUT2D eigenvalue weighted by molar-refractivity contribution is 0.284. The predicted octanol–water partition coefficient (Wildman–Crippen LogP) is 2.16. The van der Waals surface area contributed by atoms with Crippen molar-refractivity contribution in [1.29, 1.82) is 0 Å². The third kappa shape index (κ3) is 5.07. The molecule has 0 heterocycles. The number of ether oxygens (including phenoxy) is 1. The summed E-state index contributed by atoms with van der Waals surface area (Å²) in [7, 11) is 1.72. The van der Waals surface area contributed by atoms with Crippen LogP contribution in [0.4, 0.5) is 0 Å². The molecule has 0 amide bonds. The van der Waals surface area contributed by atoms with Crippen molar-refractivity contribution in [3.63, 3.8) is 0 Å². The number of hydrogen-bond acceptors (Lipinski definition) is 3. The Labute approximate surface area is 110 Å². The largest absolute Gasteiger partial charge is 0.496 e. The first-order valence-corrected chi connectivity index (χ1v) is 6.79. The number of unbranched alkanes of at least 4 members (excludes halogenated alkanes) is 1. The highest BCUT2D eigenvalue weighted by atomic mass is 16.5. The maximum Gasteiger partial charge on any atom is 0.122 e. The van der Waals surface area contributed by atoms with E-state index in [1.165, 1.54) is 11.1 Å². The van der Waals surface area contributed by atoms with E-state index in [-0.39, 0.29) is 0 Å². The van der Waals surface area contributed by atoms with Crippen molar-refractivity contribution < 1.29 is 9.84 Å². The van der Waals surface area contributed by atoms with Crippen LogP contribution in [0.5, 0.6) is 5.75 Å². The first-order chi connectivity index (χ1) is 8.81. The Bertz CT molecular complexity index is 339. The third-order valence-corrected chi connectivity index (χ3v) is 3.08. The van der Waals surface area contributed by atoms with Crippen molar-refractivity contribution >= 4 is 0 Å². The van der Waals surface area contributed by atoms with Crippen LogP contribution in [0.25, 0.3) is 0 Å². The van der Waals surface area contributed by atoms with Gasteiger partial charge in [0.15, 0.2) is 0 Å². The van der Waals surface area contributed by atoms with Gasteiger partial charge in [-0.05, 0) is 56.0 Å². The van der Waals surface area contributed by atoms with Crippen LogP contribution in [0.15, 0.2) is 18.2 Å². The van der Waals surface area contributed by atoms with Crippen molar-refractivity contribution in [2.45, 2.75) is 32.6 Å². The van der Waals surface area contributed by atoms with Crippen molar-refractivity contribution in [1.82, 2.24) is 5.32 Å². The topological polar surface area (TPSA) is 41.5 Å². The van der Waals surface area contributed by atoms with Crippen LogP contribution in [0.3, 0.4) is 0 Å². The van der Waals surface area contributed by atoms with Gasteiger partial charge in [0.25, 0.3) is 0 Å². The van der Waals surface area contributed by atoms with E-state index in [0.717, 1.165) is 44.5 Å².